The van der Waals surface area contributed by atoms with Crippen molar-refractivity contribution in [3.63, 3.8) is 0 Å². The summed E-state index contributed by atoms with van der Waals surface area (Å²) in [4.78, 5) is 44.7. The van der Waals surface area contributed by atoms with Crippen LogP contribution >= 0.6 is 11.6 Å². The number of fused-ring (bicyclic) bond motifs is 1. The Morgan fingerprint density at radius 3 is 2.15 bits per heavy atom. The first-order chi connectivity index (χ1) is 15.6. The first-order valence-electron chi connectivity index (χ1n) is 9.88. The largest absolute Gasteiger partial charge is 0.497 e. The fraction of sp³-hybridized carbons (Fsp3) is 0.217. The van der Waals surface area contributed by atoms with E-state index in [1.54, 1.807) is 56.5 Å². The molecule has 172 valence electrons. The molecule has 2 N–H and O–H groups in total. The van der Waals surface area contributed by atoms with Crippen LogP contribution in [0.2, 0.25) is 5.02 Å². The second kappa shape index (κ2) is 9.85. The van der Waals surface area contributed by atoms with Gasteiger partial charge < -0.3 is 9.84 Å². The Labute approximate surface area is 193 Å². The summed E-state index contributed by atoms with van der Waals surface area (Å²) in [7, 11) is 1.54. The van der Waals surface area contributed by atoms with Crippen molar-refractivity contribution >= 4 is 46.2 Å². The Hall–Kier alpha value is -3.69. The molecule has 2 aromatic carbocycles. The number of carboxylic acid groups (broad SMARTS) is 1. The maximum atomic E-state index is 13.0. The van der Waals surface area contributed by atoms with E-state index in [4.69, 9.17) is 21.5 Å². The van der Waals surface area contributed by atoms with Crippen LogP contribution in [0.25, 0.3) is 10.9 Å². The molecule has 10 heteroatoms. The van der Waals surface area contributed by atoms with Crippen LogP contribution in [0.15, 0.2) is 42.5 Å². The van der Waals surface area contributed by atoms with E-state index in [-0.39, 0.29) is 30.2 Å². The van der Waals surface area contributed by atoms with Gasteiger partial charge in [-0.15, -0.1) is 0 Å². The highest BCUT2D eigenvalue weighted by Gasteiger charge is 2.27. The number of halogens is 1. The number of aliphatic carboxylic acids is 1. The van der Waals surface area contributed by atoms with E-state index in [0.717, 1.165) is 0 Å². The van der Waals surface area contributed by atoms with Gasteiger partial charge >= 0.3 is 5.97 Å². The highest BCUT2D eigenvalue weighted by Crippen LogP contribution is 2.30. The summed E-state index contributed by atoms with van der Waals surface area (Å²) in [5.41, 5.74) is 2.32. The maximum Gasteiger partial charge on any atom is 0.307 e. The minimum Gasteiger partial charge on any atom is -0.497 e. The third kappa shape index (κ3) is 5.05. The fourth-order valence-electron chi connectivity index (χ4n) is 3.51. The van der Waals surface area contributed by atoms with Gasteiger partial charge in [-0.3, -0.25) is 29.0 Å². The lowest BCUT2D eigenvalue weighted by Crippen LogP contribution is -2.24. The Morgan fingerprint density at radius 2 is 1.67 bits per heavy atom. The molecule has 1 aliphatic rings. The van der Waals surface area contributed by atoms with Gasteiger partial charge in [-0.25, -0.2) is 0 Å². The quantitative estimate of drug-likeness (QED) is 0.440. The van der Waals surface area contributed by atoms with Crippen molar-refractivity contribution in [3.8, 4) is 5.75 Å². The molecule has 2 heterocycles. The van der Waals surface area contributed by atoms with Crippen LogP contribution in [0.3, 0.4) is 0 Å². The van der Waals surface area contributed by atoms with Gasteiger partial charge in [0.1, 0.15) is 5.75 Å². The van der Waals surface area contributed by atoms with E-state index in [1.807, 2.05) is 0 Å². The molecule has 0 aliphatic carbocycles. The van der Waals surface area contributed by atoms with Crippen LogP contribution < -0.4 is 4.74 Å². The Bertz CT molecular complexity index is 1230. The SMILES string of the molecule is COc1ccc2c(c1)c(CC(=O)O)c(C)n2C(=O)c1ccc(Cl)cc1.O=C1CCC(=O)N1O. The molecule has 33 heavy (non-hydrogen) atoms. The lowest BCUT2D eigenvalue weighted by Gasteiger charge is -2.08. The van der Waals surface area contributed by atoms with Crippen molar-refractivity contribution in [1.82, 2.24) is 9.63 Å². The number of amides is 2. The van der Waals surface area contributed by atoms with Crippen molar-refractivity contribution in [2.75, 3.05) is 7.11 Å². The molecule has 1 aromatic heterocycles. The van der Waals surface area contributed by atoms with Crippen LogP contribution in [-0.2, 0) is 20.8 Å². The van der Waals surface area contributed by atoms with E-state index in [9.17, 15) is 24.3 Å². The molecule has 0 atom stereocenters. The number of aromatic nitrogens is 1. The molecule has 4 rings (SSSR count). The average Bonchev–Trinajstić information content (AvgIpc) is 3.23. The summed E-state index contributed by atoms with van der Waals surface area (Å²) in [6, 6.07) is 11.9. The second-order valence-electron chi connectivity index (χ2n) is 7.26. The van der Waals surface area contributed by atoms with Crippen LogP contribution in [0.1, 0.15) is 34.5 Å². The zero-order valence-electron chi connectivity index (χ0n) is 17.9. The van der Waals surface area contributed by atoms with Gasteiger partial charge in [0.15, 0.2) is 0 Å². The van der Waals surface area contributed by atoms with Gasteiger partial charge in [0.25, 0.3) is 17.7 Å². The standard InChI is InChI=1S/C19H16ClNO4.C4H5NO3/c1-11-15(10-18(22)23)16-9-14(25-2)7-8-17(16)21(11)19(24)12-3-5-13(20)6-4-12;6-3-1-2-4(7)5(3)8/h3-9H,10H2,1-2H3,(H,22,23);8H,1-2H2. The topological polar surface area (TPSA) is 126 Å². The summed E-state index contributed by atoms with van der Waals surface area (Å²) in [6.07, 6.45) is 0.126. The van der Waals surface area contributed by atoms with Crippen molar-refractivity contribution in [3.05, 3.63) is 64.3 Å². The fourth-order valence-corrected chi connectivity index (χ4v) is 3.64. The van der Waals surface area contributed by atoms with E-state index >= 15 is 0 Å². The number of benzene rings is 2. The monoisotopic (exact) mass is 472 g/mol. The number of imide groups is 1. The molecular formula is C23H21ClN2O7. The highest BCUT2D eigenvalue weighted by atomic mass is 35.5. The number of nitrogens with zero attached hydrogens (tertiary/aromatic N) is 2. The van der Waals surface area contributed by atoms with Crippen LogP contribution in [0.4, 0.5) is 0 Å². The van der Waals surface area contributed by atoms with Crippen molar-refractivity contribution in [2.45, 2.75) is 26.2 Å². The first-order valence-corrected chi connectivity index (χ1v) is 10.3. The smallest absolute Gasteiger partial charge is 0.307 e. The predicted molar refractivity (Wildman–Crippen MR) is 119 cm³/mol. The summed E-state index contributed by atoms with van der Waals surface area (Å²) < 4.78 is 6.77. The number of ether oxygens (including phenoxy) is 1. The molecule has 2 amide bonds. The minimum absolute atomic E-state index is 0.148. The van der Waals surface area contributed by atoms with Crippen molar-refractivity contribution in [2.24, 2.45) is 0 Å². The number of hydroxylamine groups is 2. The van der Waals surface area contributed by atoms with E-state index in [2.05, 4.69) is 0 Å². The third-order valence-corrected chi connectivity index (χ3v) is 5.44. The number of carbonyl (C=O) groups is 4. The van der Waals surface area contributed by atoms with Crippen LogP contribution in [-0.4, -0.2) is 50.7 Å². The Balaban J connectivity index is 0.000000323. The Kier molecular flexibility index (Phi) is 7.15. The van der Waals surface area contributed by atoms with E-state index < -0.39 is 17.8 Å². The number of carbonyl (C=O) groups excluding carboxylic acids is 3. The molecule has 0 saturated carbocycles. The molecule has 0 spiro atoms. The third-order valence-electron chi connectivity index (χ3n) is 5.19. The summed E-state index contributed by atoms with van der Waals surface area (Å²) in [5, 5.41) is 19.0. The molecule has 1 fully saturated rings. The zero-order valence-corrected chi connectivity index (χ0v) is 18.6. The van der Waals surface area contributed by atoms with Gasteiger partial charge in [0, 0.05) is 34.5 Å². The predicted octanol–water partition coefficient (Wildman–Crippen LogP) is 3.45. The number of hydrogen-bond donors (Lipinski definition) is 2. The highest BCUT2D eigenvalue weighted by molar-refractivity contribution is 6.30. The molecule has 1 saturated heterocycles. The lowest BCUT2D eigenvalue weighted by molar-refractivity contribution is -0.171. The molecule has 3 aromatic rings. The minimum atomic E-state index is -0.955. The number of rotatable bonds is 4. The molecular weight excluding hydrogens is 452 g/mol. The zero-order chi connectivity index (χ0) is 24.3. The molecule has 1 aliphatic heterocycles. The van der Waals surface area contributed by atoms with Gasteiger partial charge in [-0.1, -0.05) is 11.6 Å². The molecule has 0 radical (unpaired) electrons. The van der Waals surface area contributed by atoms with Gasteiger partial charge in [-0.2, -0.15) is 5.06 Å². The number of methoxy groups -OCH3 is 1. The van der Waals surface area contributed by atoms with E-state index in [1.165, 1.54) is 4.57 Å². The molecule has 0 unspecified atom stereocenters. The van der Waals surface area contributed by atoms with E-state index in [0.29, 0.717) is 38.5 Å². The van der Waals surface area contributed by atoms with Gasteiger partial charge in [-0.05, 0) is 55.0 Å². The first kappa shape index (κ1) is 24.0. The molecule has 0 bridgehead atoms. The number of carboxylic acids is 1. The number of hydrogen-bond acceptors (Lipinski definition) is 6. The Morgan fingerprint density at radius 1 is 1.06 bits per heavy atom. The van der Waals surface area contributed by atoms with Crippen molar-refractivity contribution < 1.29 is 34.2 Å². The maximum absolute atomic E-state index is 13.0. The van der Waals surface area contributed by atoms with Gasteiger partial charge in [0.05, 0.1) is 19.0 Å². The van der Waals surface area contributed by atoms with Crippen LogP contribution in [0.5, 0.6) is 5.75 Å². The summed E-state index contributed by atoms with van der Waals surface area (Å²) in [5.74, 6) is -1.59. The van der Waals surface area contributed by atoms with Crippen molar-refractivity contribution in [1.29, 1.82) is 0 Å². The molecule has 9 nitrogen and oxygen atoms in total. The van der Waals surface area contributed by atoms with Crippen LogP contribution in [0, 0.1) is 6.92 Å². The summed E-state index contributed by atoms with van der Waals surface area (Å²) >= 11 is 5.89. The lowest BCUT2D eigenvalue weighted by atomic mass is 10.1. The van der Waals surface area contributed by atoms with Gasteiger partial charge in [0.2, 0.25) is 0 Å². The average molecular weight is 473 g/mol. The normalized spacial score (nSPS) is 13.2. The second-order valence-corrected chi connectivity index (χ2v) is 7.70. The summed E-state index contributed by atoms with van der Waals surface area (Å²) in [6.45, 7) is 1.75.